The van der Waals surface area contributed by atoms with Crippen LogP contribution in [-0.2, 0) is 12.8 Å². The zero-order chi connectivity index (χ0) is 22.2. The number of hydrogen-bond acceptors (Lipinski definition) is 4. The predicted octanol–water partition coefficient (Wildman–Crippen LogP) is 4.94. The summed E-state index contributed by atoms with van der Waals surface area (Å²) in [5.74, 6) is 0.932. The van der Waals surface area contributed by atoms with E-state index in [-0.39, 0.29) is 6.10 Å². The Morgan fingerprint density at radius 2 is 1.44 bits per heavy atom. The summed E-state index contributed by atoms with van der Waals surface area (Å²) in [6.07, 6.45) is 4.15. The Kier molecular flexibility index (Phi) is 7.92. The number of aromatic nitrogens is 1. The van der Waals surface area contributed by atoms with Crippen LogP contribution in [-0.4, -0.2) is 60.2 Å². The van der Waals surface area contributed by atoms with Crippen molar-refractivity contribution < 1.29 is 4.74 Å². The zero-order valence-electron chi connectivity index (χ0n) is 19.4. The molecule has 0 radical (unpaired) electrons. The van der Waals surface area contributed by atoms with Gasteiger partial charge in [0, 0.05) is 51.0 Å². The monoisotopic (exact) mass is 429 g/mol. The molecule has 4 rings (SSSR count). The summed E-state index contributed by atoms with van der Waals surface area (Å²) < 4.78 is 6.15. The molecule has 0 bridgehead atoms. The molecule has 0 amide bonds. The second kappa shape index (κ2) is 11.3. The van der Waals surface area contributed by atoms with Gasteiger partial charge in [-0.05, 0) is 62.1 Å². The van der Waals surface area contributed by atoms with Crippen molar-refractivity contribution in [3.05, 3.63) is 84.1 Å². The molecule has 2 heterocycles. The van der Waals surface area contributed by atoms with Crippen LogP contribution in [0.25, 0.3) is 11.3 Å². The minimum absolute atomic E-state index is 0.136. The lowest BCUT2D eigenvalue weighted by Gasteiger charge is -2.34. The summed E-state index contributed by atoms with van der Waals surface area (Å²) in [7, 11) is 0. The first kappa shape index (κ1) is 22.5. The van der Waals surface area contributed by atoms with Crippen molar-refractivity contribution in [2.45, 2.75) is 32.8 Å². The Morgan fingerprint density at radius 3 is 2.06 bits per heavy atom. The van der Waals surface area contributed by atoms with Crippen molar-refractivity contribution in [2.24, 2.45) is 0 Å². The summed E-state index contributed by atoms with van der Waals surface area (Å²) in [6.45, 7) is 11.0. The smallest absolute Gasteiger partial charge is 0.129 e. The maximum absolute atomic E-state index is 6.15. The third-order valence-corrected chi connectivity index (χ3v) is 6.09. The Balaban J connectivity index is 1.29. The second-order valence-electron chi connectivity index (χ2n) is 8.88. The first-order valence-electron chi connectivity index (χ1n) is 11.9. The topological polar surface area (TPSA) is 28.6 Å². The molecule has 1 aromatic heterocycles. The molecule has 1 aliphatic heterocycles. The average molecular weight is 430 g/mol. The van der Waals surface area contributed by atoms with Gasteiger partial charge in [0.1, 0.15) is 5.75 Å². The van der Waals surface area contributed by atoms with Gasteiger partial charge in [-0.15, -0.1) is 0 Å². The van der Waals surface area contributed by atoms with E-state index in [1.165, 1.54) is 11.1 Å². The number of nitrogens with zero attached hydrogens (tertiary/aromatic N) is 3. The van der Waals surface area contributed by atoms with Gasteiger partial charge in [-0.25, -0.2) is 0 Å². The fourth-order valence-corrected chi connectivity index (χ4v) is 4.26. The Labute approximate surface area is 192 Å². The van der Waals surface area contributed by atoms with Gasteiger partial charge >= 0.3 is 0 Å². The highest BCUT2D eigenvalue weighted by molar-refractivity contribution is 5.67. The van der Waals surface area contributed by atoms with E-state index in [1.807, 2.05) is 24.4 Å². The molecule has 1 fully saturated rings. The Hall–Kier alpha value is -2.69. The lowest BCUT2D eigenvalue weighted by molar-refractivity contribution is 0.134. The molecule has 1 saturated heterocycles. The van der Waals surface area contributed by atoms with Crippen molar-refractivity contribution in [3.8, 4) is 17.0 Å². The number of rotatable bonds is 9. The largest absolute Gasteiger partial charge is 0.490 e. The number of pyridine rings is 1. The molecule has 0 spiro atoms. The minimum atomic E-state index is 0.136. The van der Waals surface area contributed by atoms with Crippen LogP contribution < -0.4 is 4.74 Å². The van der Waals surface area contributed by atoms with Gasteiger partial charge in [0.05, 0.1) is 11.8 Å². The normalized spacial score (nSPS) is 15.2. The fourth-order valence-electron chi connectivity index (χ4n) is 4.26. The van der Waals surface area contributed by atoms with Crippen LogP contribution in [0, 0.1) is 0 Å². The van der Waals surface area contributed by atoms with E-state index in [2.05, 4.69) is 77.2 Å². The lowest BCUT2D eigenvalue weighted by Crippen LogP contribution is -2.47. The van der Waals surface area contributed by atoms with Crippen LogP contribution in [0.1, 0.15) is 25.0 Å². The van der Waals surface area contributed by atoms with Crippen LogP contribution in [0.5, 0.6) is 5.75 Å². The van der Waals surface area contributed by atoms with Crippen molar-refractivity contribution in [1.29, 1.82) is 0 Å². The van der Waals surface area contributed by atoms with E-state index in [4.69, 9.17) is 4.74 Å². The molecule has 4 heteroatoms. The summed E-state index contributed by atoms with van der Waals surface area (Å²) in [6, 6.07) is 23.4. The number of hydrogen-bond donors (Lipinski definition) is 0. The molecule has 4 nitrogen and oxygen atoms in total. The van der Waals surface area contributed by atoms with Crippen LogP contribution in [0.3, 0.4) is 0 Å². The molecule has 0 unspecified atom stereocenters. The van der Waals surface area contributed by atoms with Crippen LogP contribution in [0.15, 0.2) is 72.9 Å². The van der Waals surface area contributed by atoms with Gasteiger partial charge < -0.3 is 14.5 Å². The van der Waals surface area contributed by atoms with Crippen LogP contribution >= 0.6 is 0 Å². The molecule has 3 aromatic rings. The van der Waals surface area contributed by atoms with Gasteiger partial charge in [-0.1, -0.05) is 42.5 Å². The highest BCUT2D eigenvalue weighted by Crippen LogP contribution is 2.30. The number of piperazine rings is 1. The van der Waals surface area contributed by atoms with E-state index in [0.29, 0.717) is 0 Å². The molecule has 168 valence electrons. The Bertz CT molecular complexity index is 951. The van der Waals surface area contributed by atoms with Gasteiger partial charge in [0.25, 0.3) is 0 Å². The van der Waals surface area contributed by atoms with E-state index < -0.39 is 0 Å². The molecule has 2 aromatic carbocycles. The summed E-state index contributed by atoms with van der Waals surface area (Å²) in [4.78, 5) is 9.70. The quantitative estimate of drug-likeness (QED) is 0.482. The van der Waals surface area contributed by atoms with Gasteiger partial charge in [-0.3, -0.25) is 4.98 Å². The maximum Gasteiger partial charge on any atom is 0.129 e. The van der Waals surface area contributed by atoms with Crippen molar-refractivity contribution in [3.63, 3.8) is 0 Å². The van der Waals surface area contributed by atoms with Crippen molar-refractivity contribution in [2.75, 3.05) is 39.3 Å². The van der Waals surface area contributed by atoms with E-state index in [1.54, 1.807) is 0 Å². The first-order chi connectivity index (χ1) is 15.7. The Morgan fingerprint density at radius 1 is 0.781 bits per heavy atom. The highest BCUT2D eigenvalue weighted by Gasteiger charge is 2.17. The lowest BCUT2D eigenvalue weighted by atomic mass is 10.0. The van der Waals surface area contributed by atoms with Gasteiger partial charge in [0.15, 0.2) is 0 Å². The predicted molar refractivity (Wildman–Crippen MR) is 132 cm³/mol. The average Bonchev–Trinajstić information content (AvgIpc) is 2.83. The molecular weight excluding hydrogens is 394 g/mol. The van der Waals surface area contributed by atoms with E-state index >= 15 is 0 Å². The summed E-state index contributed by atoms with van der Waals surface area (Å²) in [5, 5.41) is 0. The molecule has 0 saturated carbocycles. The van der Waals surface area contributed by atoms with Crippen molar-refractivity contribution in [1.82, 2.24) is 14.8 Å². The standard InChI is InChI=1S/C28H35N3O/c1-23(2)32-28-22-25(11-12-26(28)27-10-6-7-15-29-27)14-17-31-20-18-30(19-21-31)16-13-24-8-4-3-5-9-24/h3-12,15,22-23H,13-14,16-21H2,1-2H3. The van der Waals surface area contributed by atoms with Gasteiger partial charge in [-0.2, -0.15) is 0 Å². The third-order valence-electron chi connectivity index (χ3n) is 6.09. The third kappa shape index (κ3) is 6.41. The SMILES string of the molecule is CC(C)Oc1cc(CCN2CCN(CCc3ccccc3)CC2)ccc1-c1ccccn1. The maximum atomic E-state index is 6.15. The fraction of sp³-hybridized carbons (Fsp3) is 0.393. The van der Waals surface area contributed by atoms with Crippen LogP contribution in [0.2, 0.25) is 0 Å². The summed E-state index contributed by atoms with van der Waals surface area (Å²) >= 11 is 0. The first-order valence-corrected chi connectivity index (χ1v) is 11.9. The molecular formula is C28H35N3O. The minimum Gasteiger partial charge on any atom is -0.490 e. The molecule has 0 atom stereocenters. The number of ether oxygens (including phenoxy) is 1. The summed E-state index contributed by atoms with van der Waals surface area (Å²) in [5.41, 5.74) is 4.78. The second-order valence-corrected chi connectivity index (χ2v) is 8.88. The van der Waals surface area contributed by atoms with Gasteiger partial charge in [0.2, 0.25) is 0 Å². The van der Waals surface area contributed by atoms with E-state index in [9.17, 15) is 0 Å². The molecule has 0 aliphatic carbocycles. The van der Waals surface area contributed by atoms with Crippen LogP contribution in [0.4, 0.5) is 0 Å². The zero-order valence-corrected chi connectivity index (χ0v) is 19.4. The number of benzene rings is 2. The highest BCUT2D eigenvalue weighted by atomic mass is 16.5. The van der Waals surface area contributed by atoms with Crippen molar-refractivity contribution >= 4 is 0 Å². The molecule has 32 heavy (non-hydrogen) atoms. The molecule has 0 N–H and O–H groups in total. The van der Waals surface area contributed by atoms with E-state index in [0.717, 1.165) is 69.1 Å². The molecule has 1 aliphatic rings.